The third-order valence-electron chi connectivity index (χ3n) is 3.41. The Kier molecular flexibility index (Phi) is 3.65. The smallest absolute Gasteiger partial charge is 0.303 e. The Balaban J connectivity index is 2.24. The van der Waals surface area contributed by atoms with E-state index in [4.69, 9.17) is 5.11 Å². The second-order valence-electron chi connectivity index (χ2n) is 4.67. The maximum absolute atomic E-state index is 11.3. The summed E-state index contributed by atoms with van der Waals surface area (Å²) in [4.78, 5) is 22.1. The molecule has 96 valence electrons. The van der Waals surface area contributed by atoms with Crippen LogP contribution in [0.4, 0.5) is 5.69 Å². The fraction of sp³-hybridized carbons (Fsp3) is 0.429. The van der Waals surface area contributed by atoms with Gasteiger partial charge in [0.05, 0.1) is 6.42 Å². The number of amides is 1. The van der Waals surface area contributed by atoms with Crippen LogP contribution in [-0.2, 0) is 16.0 Å². The van der Waals surface area contributed by atoms with E-state index in [1.807, 2.05) is 25.1 Å². The number of hydrogen-bond acceptors (Lipinski definition) is 2. The summed E-state index contributed by atoms with van der Waals surface area (Å²) in [5.74, 6) is -0.675. The first-order chi connectivity index (χ1) is 8.60. The Bertz CT molecular complexity index is 482. The first-order valence-corrected chi connectivity index (χ1v) is 6.24. The topological polar surface area (TPSA) is 66.4 Å². The van der Waals surface area contributed by atoms with E-state index in [0.717, 1.165) is 29.7 Å². The number of hydrogen-bond donors (Lipinski definition) is 2. The Morgan fingerprint density at radius 3 is 2.89 bits per heavy atom. The van der Waals surface area contributed by atoms with E-state index in [-0.39, 0.29) is 18.2 Å². The highest BCUT2D eigenvalue weighted by molar-refractivity contribution is 5.93. The monoisotopic (exact) mass is 247 g/mol. The summed E-state index contributed by atoms with van der Waals surface area (Å²) in [7, 11) is 0. The van der Waals surface area contributed by atoms with E-state index in [1.165, 1.54) is 0 Å². The Morgan fingerprint density at radius 2 is 2.22 bits per heavy atom. The molecule has 4 heteroatoms. The second kappa shape index (κ2) is 5.21. The summed E-state index contributed by atoms with van der Waals surface area (Å²) < 4.78 is 0. The number of fused-ring (bicyclic) bond motifs is 1. The number of carbonyl (C=O) groups is 2. The normalized spacial score (nSPS) is 15.7. The maximum Gasteiger partial charge on any atom is 0.303 e. The third-order valence-corrected chi connectivity index (χ3v) is 3.41. The quantitative estimate of drug-likeness (QED) is 0.859. The molecule has 1 unspecified atom stereocenters. The molecule has 0 saturated heterocycles. The van der Waals surface area contributed by atoms with Crippen LogP contribution in [0.15, 0.2) is 18.2 Å². The molecule has 0 saturated carbocycles. The number of rotatable bonds is 4. The van der Waals surface area contributed by atoms with Crippen molar-refractivity contribution in [2.45, 2.75) is 38.5 Å². The Labute approximate surface area is 106 Å². The minimum atomic E-state index is -0.770. The molecule has 1 aliphatic rings. The first kappa shape index (κ1) is 12.6. The zero-order chi connectivity index (χ0) is 13.1. The van der Waals surface area contributed by atoms with Gasteiger partial charge in [0.1, 0.15) is 0 Å². The molecule has 2 rings (SSSR count). The van der Waals surface area contributed by atoms with Crippen molar-refractivity contribution in [1.29, 1.82) is 0 Å². The van der Waals surface area contributed by atoms with Crippen LogP contribution in [0.3, 0.4) is 0 Å². The second-order valence-corrected chi connectivity index (χ2v) is 4.67. The van der Waals surface area contributed by atoms with Crippen LogP contribution in [0.2, 0.25) is 0 Å². The maximum atomic E-state index is 11.3. The zero-order valence-electron chi connectivity index (χ0n) is 10.4. The van der Waals surface area contributed by atoms with Gasteiger partial charge in [0, 0.05) is 12.1 Å². The van der Waals surface area contributed by atoms with Gasteiger partial charge < -0.3 is 10.4 Å². The summed E-state index contributed by atoms with van der Waals surface area (Å²) in [6.45, 7) is 1.99. The molecule has 0 spiro atoms. The number of aliphatic carboxylic acids is 1. The summed E-state index contributed by atoms with van der Waals surface area (Å²) in [5, 5.41) is 11.7. The van der Waals surface area contributed by atoms with Crippen LogP contribution in [-0.4, -0.2) is 17.0 Å². The average Bonchev–Trinajstić information content (AvgIpc) is 2.35. The van der Waals surface area contributed by atoms with Crippen LogP contribution < -0.4 is 5.32 Å². The molecule has 0 bridgehead atoms. The molecule has 1 amide bonds. The predicted octanol–water partition coefficient (Wildman–Crippen LogP) is 2.54. The van der Waals surface area contributed by atoms with Gasteiger partial charge in [-0.3, -0.25) is 9.59 Å². The lowest BCUT2D eigenvalue weighted by atomic mass is 9.90. The highest BCUT2D eigenvalue weighted by atomic mass is 16.4. The fourth-order valence-electron chi connectivity index (χ4n) is 2.37. The Morgan fingerprint density at radius 1 is 1.44 bits per heavy atom. The SMILES string of the molecule is CCC(CC(=O)O)c1ccc2c(c1)CCC(=O)N2. The van der Waals surface area contributed by atoms with Gasteiger partial charge >= 0.3 is 5.97 Å². The number of carboxylic acid groups (broad SMARTS) is 1. The van der Waals surface area contributed by atoms with Crippen molar-refractivity contribution in [3.63, 3.8) is 0 Å². The standard InChI is InChI=1S/C14H17NO3/c1-2-9(8-14(17)18)10-3-5-12-11(7-10)4-6-13(16)15-12/h3,5,7,9H,2,4,6,8H2,1H3,(H,15,16)(H,17,18). The van der Waals surface area contributed by atoms with Crippen LogP contribution >= 0.6 is 0 Å². The van der Waals surface area contributed by atoms with Crippen molar-refractivity contribution in [1.82, 2.24) is 0 Å². The molecule has 0 fully saturated rings. The van der Waals surface area contributed by atoms with E-state index in [2.05, 4.69) is 5.32 Å². The zero-order valence-corrected chi connectivity index (χ0v) is 10.4. The van der Waals surface area contributed by atoms with Crippen molar-refractivity contribution in [2.75, 3.05) is 5.32 Å². The van der Waals surface area contributed by atoms with Crippen molar-refractivity contribution in [3.8, 4) is 0 Å². The summed E-state index contributed by atoms with van der Waals surface area (Å²) >= 11 is 0. The molecular formula is C14H17NO3. The third kappa shape index (κ3) is 2.70. The number of aryl methyl sites for hydroxylation is 1. The number of carboxylic acids is 1. The van der Waals surface area contributed by atoms with E-state index >= 15 is 0 Å². The molecule has 1 heterocycles. The molecule has 0 radical (unpaired) electrons. The molecule has 2 N–H and O–H groups in total. The van der Waals surface area contributed by atoms with Gasteiger partial charge in [0.25, 0.3) is 0 Å². The molecule has 0 aliphatic carbocycles. The fourth-order valence-corrected chi connectivity index (χ4v) is 2.37. The lowest BCUT2D eigenvalue weighted by Gasteiger charge is -2.20. The lowest BCUT2D eigenvalue weighted by molar-refractivity contribution is -0.137. The number of carbonyl (C=O) groups excluding carboxylic acids is 1. The van der Waals surface area contributed by atoms with Crippen LogP contribution in [0.25, 0.3) is 0 Å². The summed E-state index contributed by atoms with van der Waals surface area (Å²) in [6.07, 6.45) is 2.20. The first-order valence-electron chi connectivity index (χ1n) is 6.24. The molecule has 1 aromatic carbocycles. The van der Waals surface area contributed by atoms with Gasteiger partial charge in [-0.25, -0.2) is 0 Å². The van der Waals surface area contributed by atoms with Crippen molar-refractivity contribution in [2.24, 2.45) is 0 Å². The van der Waals surface area contributed by atoms with E-state index < -0.39 is 5.97 Å². The highest BCUT2D eigenvalue weighted by Crippen LogP contribution is 2.29. The number of anilines is 1. The highest BCUT2D eigenvalue weighted by Gasteiger charge is 2.18. The molecular weight excluding hydrogens is 230 g/mol. The Hall–Kier alpha value is -1.84. The molecule has 1 aliphatic heterocycles. The van der Waals surface area contributed by atoms with Crippen molar-refractivity contribution >= 4 is 17.6 Å². The van der Waals surface area contributed by atoms with Crippen LogP contribution in [0.1, 0.15) is 43.2 Å². The van der Waals surface area contributed by atoms with Gasteiger partial charge in [0.2, 0.25) is 5.91 Å². The molecule has 0 aromatic heterocycles. The van der Waals surface area contributed by atoms with Gasteiger partial charge in [-0.2, -0.15) is 0 Å². The lowest BCUT2D eigenvalue weighted by Crippen LogP contribution is -2.19. The minimum absolute atomic E-state index is 0.0467. The van der Waals surface area contributed by atoms with E-state index in [1.54, 1.807) is 0 Å². The average molecular weight is 247 g/mol. The van der Waals surface area contributed by atoms with E-state index in [0.29, 0.717) is 6.42 Å². The van der Waals surface area contributed by atoms with E-state index in [9.17, 15) is 9.59 Å². The summed E-state index contributed by atoms with van der Waals surface area (Å²) in [6, 6.07) is 5.83. The molecule has 1 aromatic rings. The van der Waals surface area contributed by atoms with Gasteiger partial charge in [-0.05, 0) is 36.0 Å². The van der Waals surface area contributed by atoms with Crippen molar-refractivity contribution < 1.29 is 14.7 Å². The van der Waals surface area contributed by atoms with Crippen LogP contribution in [0, 0.1) is 0 Å². The number of nitrogens with one attached hydrogen (secondary N) is 1. The van der Waals surface area contributed by atoms with Crippen LogP contribution in [0.5, 0.6) is 0 Å². The molecule has 18 heavy (non-hydrogen) atoms. The molecule has 4 nitrogen and oxygen atoms in total. The largest absolute Gasteiger partial charge is 0.481 e. The van der Waals surface area contributed by atoms with Crippen molar-refractivity contribution in [3.05, 3.63) is 29.3 Å². The van der Waals surface area contributed by atoms with Gasteiger partial charge in [0.15, 0.2) is 0 Å². The van der Waals surface area contributed by atoms with Gasteiger partial charge in [-0.15, -0.1) is 0 Å². The number of benzene rings is 1. The minimum Gasteiger partial charge on any atom is -0.481 e. The molecule has 1 atom stereocenters. The summed E-state index contributed by atoms with van der Waals surface area (Å²) in [5.41, 5.74) is 3.02. The van der Waals surface area contributed by atoms with Gasteiger partial charge in [-0.1, -0.05) is 19.1 Å². The predicted molar refractivity (Wildman–Crippen MR) is 68.7 cm³/mol.